The molecular weight excluding hydrogens is 310 g/mol. The maximum atomic E-state index is 12.3. The monoisotopic (exact) mass is 331 g/mol. The number of aryl methyl sites for hydroxylation is 2. The van der Waals surface area contributed by atoms with Crippen LogP contribution in [0, 0.1) is 13.8 Å². The zero-order valence-corrected chi connectivity index (χ0v) is 14.2. The molecule has 4 nitrogen and oxygen atoms in total. The van der Waals surface area contributed by atoms with E-state index in [1.165, 1.54) is 16.2 Å². The van der Waals surface area contributed by atoms with E-state index >= 15 is 0 Å². The molecule has 2 heterocycles. The minimum Gasteiger partial charge on any atom is -0.491 e. The number of carbonyl (C=O) groups excluding carboxylic acids is 1. The molecule has 0 aliphatic carbocycles. The Balaban J connectivity index is 1.61. The molecule has 1 aliphatic rings. The Labute approximate surface area is 140 Å². The lowest BCUT2D eigenvalue weighted by molar-refractivity contribution is 0.0680. The summed E-state index contributed by atoms with van der Waals surface area (Å²) < 4.78 is 11.3. The fourth-order valence-electron chi connectivity index (χ4n) is 2.51. The average molecular weight is 331 g/mol. The molecule has 0 saturated carbocycles. The molecule has 1 N–H and O–H groups in total. The van der Waals surface area contributed by atoms with E-state index in [1.54, 1.807) is 0 Å². The average Bonchev–Trinajstić information content (AvgIpc) is 3.16. The fraction of sp³-hybridized carbons (Fsp3) is 0.389. The summed E-state index contributed by atoms with van der Waals surface area (Å²) in [6, 6.07) is 9.41. The van der Waals surface area contributed by atoms with E-state index in [1.807, 2.05) is 44.2 Å². The van der Waals surface area contributed by atoms with Gasteiger partial charge in [-0.05, 0) is 50.5 Å². The molecule has 1 saturated heterocycles. The van der Waals surface area contributed by atoms with Gasteiger partial charge in [0.1, 0.15) is 12.4 Å². The molecule has 122 valence electrons. The third-order valence-corrected chi connectivity index (χ3v) is 5.09. The van der Waals surface area contributed by atoms with E-state index in [0.29, 0.717) is 6.61 Å². The molecule has 23 heavy (non-hydrogen) atoms. The standard InChI is InChI=1S/C18H21NO3S/c1-12-9-17(23-13(12)2)18(20)19-14-5-3-6-15(10-14)22-11-16-7-4-8-21-16/h3,5-6,9-10,16H,4,7-8,11H2,1-2H3,(H,19,20)/t16-/m0/s1. The van der Waals surface area contributed by atoms with Gasteiger partial charge in [0.15, 0.2) is 0 Å². The molecule has 1 aliphatic heterocycles. The Bertz CT molecular complexity index is 670. The first-order chi connectivity index (χ1) is 11.1. The number of amides is 1. The van der Waals surface area contributed by atoms with Crippen molar-refractivity contribution >= 4 is 22.9 Å². The molecule has 5 heteroatoms. The van der Waals surface area contributed by atoms with Crippen molar-refractivity contribution in [1.29, 1.82) is 0 Å². The van der Waals surface area contributed by atoms with Gasteiger partial charge >= 0.3 is 0 Å². The Hall–Kier alpha value is -1.85. The third kappa shape index (κ3) is 4.12. The highest BCUT2D eigenvalue weighted by molar-refractivity contribution is 7.14. The zero-order chi connectivity index (χ0) is 16.2. The first-order valence-corrected chi connectivity index (χ1v) is 8.66. The van der Waals surface area contributed by atoms with Crippen molar-refractivity contribution in [3.8, 4) is 5.75 Å². The van der Waals surface area contributed by atoms with Crippen molar-refractivity contribution < 1.29 is 14.3 Å². The lowest BCUT2D eigenvalue weighted by Gasteiger charge is -2.12. The minimum absolute atomic E-state index is 0.0810. The van der Waals surface area contributed by atoms with Gasteiger partial charge in [-0.1, -0.05) is 6.07 Å². The summed E-state index contributed by atoms with van der Waals surface area (Å²) in [5, 5.41) is 2.93. The smallest absolute Gasteiger partial charge is 0.265 e. The van der Waals surface area contributed by atoms with Crippen LogP contribution in [0.5, 0.6) is 5.75 Å². The Morgan fingerprint density at radius 3 is 2.96 bits per heavy atom. The zero-order valence-electron chi connectivity index (χ0n) is 13.4. The van der Waals surface area contributed by atoms with E-state index in [0.717, 1.165) is 41.3 Å². The molecule has 1 atom stereocenters. The number of rotatable bonds is 5. The minimum atomic E-state index is -0.0810. The molecule has 1 aromatic carbocycles. The molecule has 0 spiro atoms. The predicted octanol–water partition coefficient (Wildman–Crippen LogP) is 4.18. The highest BCUT2D eigenvalue weighted by atomic mass is 32.1. The molecule has 2 aromatic rings. The molecule has 1 amide bonds. The number of thiophene rings is 1. The van der Waals surface area contributed by atoms with E-state index in [2.05, 4.69) is 5.32 Å². The Morgan fingerprint density at radius 2 is 2.26 bits per heavy atom. The molecule has 0 unspecified atom stereocenters. The van der Waals surface area contributed by atoms with Crippen LogP contribution in [0.25, 0.3) is 0 Å². The van der Waals surface area contributed by atoms with Crippen LogP contribution in [0.15, 0.2) is 30.3 Å². The SMILES string of the molecule is Cc1cc(C(=O)Nc2cccc(OC[C@@H]3CCCO3)c2)sc1C. The third-order valence-electron chi connectivity index (χ3n) is 3.94. The summed E-state index contributed by atoms with van der Waals surface area (Å²) in [5.74, 6) is 0.666. The van der Waals surface area contributed by atoms with Gasteiger partial charge in [0.05, 0.1) is 11.0 Å². The number of benzene rings is 1. The summed E-state index contributed by atoms with van der Waals surface area (Å²) in [4.78, 5) is 14.2. The predicted molar refractivity (Wildman–Crippen MR) is 92.7 cm³/mol. The second kappa shape index (κ2) is 7.15. The van der Waals surface area contributed by atoms with Crippen molar-refractivity contribution in [3.05, 3.63) is 45.6 Å². The molecule has 1 fully saturated rings. The number of nitrogens with one attached hydrogen (secondary N) is 1. The summed E-state index contributed by atoms with van der Waals surface area (Å²) in [7, 11) is 0. The van der Waals surface area contributed by atoms with Crippen LogP contribution < -0.4 is 10.1 Å². The lowest BCUT2D eigenvalue weighted by Crippen LogP contribution is -2.16. The van der Waals surface area contributed by atoms with Crippen LogP contribution in [-0.2, 0) is 4.74 Å². The molecule has 1 aromatic heterocycles. The number of ether oxygens (including phenoxy) is 2. The maximum absolute atomic E-state index is 12.3. The van der Waals surface area contributed by atoms with Crippen molar-refractivity contribution in [2.45, 2.75) is 32.8 Å². The summed E-state index contributed by atoms with van der Waals surface area (Å²) >= 11 is 1.51. The summed E-state index contributed by atoms with van der Waals surface area (Å²) in [6.07, 6.45) is 2.34. The van der Waals surface area contributed by atoms with Gasteiger partial charge in [0.2, 0.25) is 0 Å². The van der Waals surface area contributed by atoms with Crippen LogP contribution >= 0.6 is 11.3 Å². The van der Waals surface area contributed by atoms with Gasteiger partial charge in [0.25, 0.3) is 5.91 Å². The van der Waals surface area contributed by atoms with Crippen molar-refractivity contribution in [3.63, 3.8) is 0 Å². The number of hydrogen-bond acceptors (Lipinski definition) is 4. The highest BCUT2D eigenvalue weighted by Crippen LogP contribution is 2.23. The quantitative estimate of drug-likeness (QED) is 0.894. The van der Waals surface area contributed by atoms with Crippen molar-refractivity contribution in [2.75, 3.05) is 18.5 Å². The van der Waals surface area contributed by atoms with Crippen LogP contribution in [0.3, 0.4) is 0 Å². The largest absolute Gasteiger partial charge is 0.491 e. The van der Waals surface area contributed by atoms with Crippen molar-refractivity contribution in [2.24, 2.45) is 0 Å². The number of anilines is 1. The second-order valence-electron chi connectivity index (χ2n) is 5.78. The first kappa shape index (κ1) is 16.0. The Morgan fingerprint density at radius 1 is 1.39 bits per heavy atom. The molecule has 3 rings (SSSR count). The van der Waals surface area contributed by atoms with Crippen LogP contribution in [0.2, 0.25) is 0 Å². The van der Waals surface area contributed by atoms with Crippen LogP contribution in [0.1, 0.15) is 33.0 Å². The first-order valence-electron chi connectivity index (χ1n) is 7.84. The normalized spacial score (nSPS) is 17.2. The Kier molecular flexibility index (Phi) is 4.98. The van der Waals surface area contributed by atoms with Crippen LogP contribution in [-0.4, -0.2) is 25.2 Å². The second-order valence-corrected chi connectivity index (χ2v) is 7.03. The maximum Gasteiger partial charge on any atom is 0.265 e. The summed E-state index contributed by atoms with van der Waals surface area (Å²) in [6.45, 7) is 5.42. The number of hydrogen-bond donors (Lipinski definition) is 1. The lowest BCUT2D eigenvalue weighted by atomic mass is 10.2. The van der Waals surface area contributed by atoms with Gasteiger partial charge in [0, 0.05) is 23.2 Å². The van der Waals surface area contributed by atoms with Crippen LogP contribution in [0.4, 0.5) is 5.69 Å². The van der Waals surface area contributed by atoms with E-state index < -0.39 is 0 Å². The van der Waals surface area contributed by atoms with E-state index in [-0.39, 0.29) is 12.0 Å². The van der Waals surface area contributed by atoms with E-state index in [4.69, 9.17) is 9.47 Å². The van der Waals surface area contributed by atoms with Gasteiger partial charge in [-0.3, -0.25) is 4.79 Å². The summed E-state index contributed by atoms with van der Waals surface area (Å²) in [5.41, 5.74) is 1.89. The number of carbonyl (C=O) groups is 1. The molecule has 0 bridgehead atoms. The van der Waals surface area contributed by atoms with Gasteiger partial charge in [-0.25, -0.2) is 0 Å². The molecule has 0 radical (unpaired) electrons. The van der Waals surface area contributed by atoms with Gasteiger partial charge < -0.3 is 14.8 Å². The van der Waals surface area contributed by atoms with Crippen molar-refractivity contribution in [1.82, 2.24) is 0 Å². The molecular formula is C18H21NO3S. The highest BCUT2D eigenvalue weighted by Gasteiger charge is 2.16. The van der Waals surface area contributed by atoms with E-state index in [9.17, 15) is 4.79 Å². The topological polar surface area (TPSA) is 47.6 Å². The van der Waals surface area contributed by atoms with Gasteiger partial charge in [-0.2, -0.15) is 0 Å². The fourth-order valence-corrected chi connectivity index (χ4v) is 3.44. The van der Waals surface area contributed by atoms with Gasteiger partial charge in [-0.15, -0.1) is 11.3 Å².